The normalized spacial score (nSPS) is 11.7. The molecule has 0 unspecified atom stereocenters. The van der Waals surface area contributed by atoms with Crippen molar-refractivity contribution in [1.82, 2.24) is 4.98 Å². The van der Waals surface area contributed by atoms with E-state index in [4.69, 9.17) is 0 Å². The molecular formula is C22H16F3NO. The van der Waals surface area contributed by atoms with Gasteiger partial charge in [-0.1, -0.05) is 60.7 Å². The van der Waals surface area contributed by atoms with Crippen LogP contribution in [0, 0.1) is 0 Å². The van der Waals surface area contributed by atoms with E-state index in [2.05, 4.69) is 27.9 Å². The lowest BCUT2D eigenvalue weighted by Crippen LogP contribution is -2.16. The molecule has 0 amide bonds. The Labute approximate surface area is 154 Å². The lowest BCUT2D eigenvalue weighted by atomic mass is 10.0. The Morgan fingerprint density at radius 3 is 2.26 bits per heavy atom. The molecule has 3 aromatic carbocycles. The van der Waals surface area contributed by atoms with Crippen molar-refractivity contribution < 1.29 is 17.9 Å². The summed E-state index contributed by atoms with van der Waals surface area (Å²) < 4.78 is 40.9. The molecule has 5 heteroatoms. The highest BCUT2D eigenvalue weighted by Gasteiger charge is 2.30. The van der Waals surface area contributed by atoms with Gasteiger partial charge in [-0.15, -0.1) is 13.2 Å². The van der Waals surface area contributed by atoms with E-state index < -0.39 is 6.36 Å². The molecule has 0 fully saturated rings. The van der Waals surface area contributed by atoms with Gasteiger partial charge in [0.15, 0.2) is 0 Å². The van der Waals surface area contributed by atoms with Crippen LogP contribution in [0.15, 0.2) is 78.9 Å². The van der Waals surface area contributed by atoms with Crippen LogP contribution in [0.5, 0.6) is 5.75 Å². The second-order valence-electron chi connectivity index (χ2n) is 6.30. The van der Waals surface area contributed by atoms with E-state index in [9.17, 15) is 13.2 Å². The Morgan fingerprint density at radius 2 is 1.56 bits per heavy atom. The molecule has 27 heavy (non-hydrogen) atoms. The van der Waals surface area contributed by atoms with Crippen LogP contribution in [0.25, 0.3) is 22.0 Å². The molecular weight excluding hydrogens is 351 g/mol. The maximum Gasteiger partial charge on any atom is 0.573 e. The Morgan fingerprint density at radius 1 is 0.815 bits per heavy atom. The number of alkyl halides is 3. The topological polar surface area (TPSA) is 25.0 Å². The quantitative estimate of drug-likeness (QED) is 0.448. The zero-order valence-electron chi connectivity index (χ0n) is 14.3. The first kappa shape index (κ1) is 17.2. The summed E-state index contributed by atoms with van der Waals surface area (Å²) in [4.78, 5) is 3.45. The van der Waals surface area contributed by atoms with Gasteiger partial charge in [0, 0.05) is 23.1 Å². The first-order chi connectivity index (χ1) is 13.0. The third kappa shape index (κ3) is 3.97. The highest BCUT2D eigenvalue weighted by Crippen LogP contribution is 2.31. The lowest BCUT2D eigenvalue weighted by Gasteiger charge is -2.09. The Balaban J connectivity index is 1.66. The number of hydrogen-bond donors (Lipinski definition) is 1. The number of rotatable bonds is 4. The molecule has 0 saturated carbocycles. The molecule has 1 aromatic heterocycles. The largest absolute Gasteiger partial charge is 0.573 e. The van der Waals surface area contributed by atoms with E-state index in [0.717, 1.165) is 34.1 Å². The van der Waals surface area contributed by atoms with Crippen LogP contribution >= 0.6 is 0 Å². The number of ether oxygens (including phenoxy) is 1. The fourth-order valence-corrected chi connectivity index (χ4v) is 3.20. The van der Waals surface area contributed by atoms with Crippen LogP contribution in [0.2, 0.25) is 0 Å². The highest BCUT2D eigenvalue weighted by atomic mass is 19.4. The summed E-state index contributed by atoms with van der Waals surface area (Å²) in [5.41, 5.74) is 5.02. The summed E-state index contributed by atoms with van der Waals surface area (Å²) in [5, 5.41) is 1.06. The first-order valence-electron chi connectivity index (χ1n) is 8.49. The van der Waals surface area contributed by atoms with E-state index in [1.807, 2.05) is 36.4 Å². The van der Waals surface area contributed by atoms with Gasteiger partial charge >= 0.3 is 6.36 Å². The number of para-hydroxylation sites is 1. The van der Waals surface area contributed by atoms with Crippen molar-refractivity contribution in [3.8, 4) is 16.9 Å². The standard InChI is InChI=1S/C22H16F3NO/c23-22(24,25)27-19-11-9-16(10-12-19)20-8-4-7-17-14-18(26-21(17)20)13-15-5-2-1-3-6-15/h1-12,14,26H,13H2. The van der Waals surface area contributed by atoms with Crippen LogP contribution in [-0.4, -0.2) is 11.3 Å². The van der Waals surface area contributed by atoms with E-state index in [1.165, 1.54) is 17.7 Å². The minimum Gasteiger partial charge on any atom is -0.406 e. The fraction of sp³-hybridized carbons (Fsp3) is 0.0909. The van der Waals surface area contributed by atoms with E-state index in [0.29, 0.717) is 0 Å². The molecule has 2 nitrogen and oxygen atoms in total. The number of aromatic nitrogens is 1. The molecule has 0 aliphatic carbocycles. The zero-order valence-corrected chi connectivity index (χ0v) is 14.3. The second kappa shape index (κ2) is 6.83. The van der Waals surface area contributed by atoms with Gasteiger partial charge in [0.2, 0.25) is 0 Å². The number of benzene rings is 3. The molecule has 1 N–H and O–H groups in total. The summed E-state index contributed by atoms with van der Waals surface area (Å²) in [6.45, 7) is 0. The van der Waals surface area contributed by atoms with E-state index in [-0.39, 0.29) is 5.75 Å². The molecule has 0 radical (unpaired) electrons. The van der Waals surface area contributed by atoms with Crippen LogP contribution in [0.3, 0.4) is 0 Å². The average molecular weight is 367 g/mol. The Bertz CT molecular complexity index is 1050. The highest BCUT2D eigenvalue weighted by molar-refractivity contribution is 5.94. The van der Waals surface area contributed by atoms with Crippen LogP contribution < -0.4 is 4.74 Å². The number of hydrogen-bond acceptors (Lipinski definition) is 1. The Hall–Kier alpha value is -3.21. The minimum atomic E-state index is -4.69. The maximum atomic E-state index is 12.3. The van der Waals surface area contributed by atoms with Gasteiger partial charge in [-0.2, -0.15) is 0 Å². The van der Waals surface area contributed by atoms with Gasteiger partial charge in [-0.3, -0.25) is 0 Å². The van der Waals surface area contributed by atoms with Crippen LogP contribution in [0.4, 0.5) is 13.2 Å². The summed E-state index contributed by atoms with van der Waals surface area (Å²) in [6.07, 6.45) is -3.90. The van der Waals surface area contributed by atoms with Crippen molar-refractivity contribution in [2.75, 3.05) is 0 Å². The zero-order chi connectivity index (χ0) is 18.9. The third-order valence-corrected chi connectivity index (χ3v) is 4.35. The minimum absolute atomic E-state index is 0.227. The van der Waals surface area contributed by atoms with Gasteiger partial charge in [0.25, 0.3) is 0 Å². The second-order valence-corrected chi connectivity index (χ2v) is 6.30. The van der Waals surface area contributed by atoms with Crippen LogP contribution in [-0.2, 0) is 6.42 Å². The molecule has 0 spiro atoms. The molecule has 0 aliphatic rings. The summed E-state index contributed by atoms with van der Waals surface area (Å²) in [5.74, 6) is -0.227. The molecule has 136 valence electrons. The van der Waals surface area contributed by atoms with E-state index in [1.54, 1.807) is 12.1 Å². The SMILES string of the molecule is FC(F)(F)Oc1ccc(-c2cccc3cc(Cc4ccccc4)[nH]c23)cc1. The van der Waals surface area contributed by atoms with Gasteiger partial charge in [-0.05, 0) is 29.3 Å². The van der Waals surface area contributed by atoms with Crippen molar-refractivity contribution in [3.63, 3.8) is 0 Å². The van der Waals surface area contributed by atoms with Crippen LogP contribution in [0.1, 0.15) is 11.3 Å². The van der Waals surface area contributed by atoms with Gasteiger partial charge in [-0.25, -0.2) is 0 Å². The molecule has 4 rings (SSSR count). The smallest absolute Gasteiger partial charge is 0.406 e. The maximum absolute atomic E-state index is 12.3. The van der Waals surface area contributed by atoms with Crippen molar-refractivity contribution in [2.45, 2.75) is 12.8 Å². The predicted octanol–water partition coefficient (Wildman–Crippen LogP) is 6.32. The summed E-state index contributed by atoms with van der Waals surface area (Å²) in [7, 11) is 0. The summed E-state index contributed by atoms with van der Waals surface area (Å²) in [6, 6.07) is 24.1. The number of nitrogens with one attached hydrogen (secondary N) is 1. The number of H-pyrrole nitrogens is 1. The van der Waals surface area contributed by atoms with Crippen molar-refractivity contribution >= 4 is 10.9 Å². The molecule has 4 aromatic rings. The number of aromatic amines is 1. The molecule has 0 aliphatic heterocycles. The van der Waals surface area contributed by atoms with Gasteiger partial charge in [0.1, 0.15) is 5.75 Å². The van der Waals surface area contributed by atoms with Gasteiger partial charge in [0.05, 0.1) is 5.52 Å². The monoisotopic (exact) mass is 367 g/mol. The fourth-order valence-electron chi connectivity index (χ4n) is 3.20. The first-order valence-corrected chi connectivity index (χ1v) is 8.49. The number of fused-ring (bicyclic) bond motifs is 1. The molecule has 0 saturated heterocycles. The summed E-state index contributed by atoms with van der Waals surface area (Å²) >= 11 is 0. The lowest BCUT2D eigenvalue weighted by molar-refractivity contribution is -0.274. The molecule has 0 bridgehead atoms. The molecule has 0 atom stereocenters. The van der Waals surface area contributed by atoms with Gasteiger partial charge < -0.3 is 9.72 Å². The van der Waals surface area contributed by atoms with Crippen molar-refractivity contribution in [2.24, 2.45) is 0 Å². The number of halogens is 3. The average Bonchev–Trinajstić information content (AvgIpc) is 3.04. The van der Waals surface area contributed by atoms with E-state index >= 15 is 0 Å². The van der Waals surface area contributed by atoms with Crippen molar-refractivity contribution in [1.29, 1.82) is 0 Å². The molecule has 1 heterocycles. The Kier molecular flexibility index (Phi) is 4.36. The third-order valence-electron chi connectivity index (χ3n) is 4.35. The van der Waals surface area contributed by atoms with Crippen molar-refractivity contribution in [3.05, 3.63) is 90.1 Å². The predicted molar refractivity (Wildman–Crippen MR) is 99.7 cm³/mol.